The van der Waals surface area contributed by atoms with E-state index in [1.54, 1.807) is 6.07 Å². The molecule has 0 aliphatic heterocycles. The van der Waals surface area contributed by atoms with Gasteiger partial charge < -0.3 is 10.6 Å². The quantitative estimate of drug-likeness (QED) is 0.510. The van der Waals surface area contributed by atoms with Gasteiger partial charge in [0.25, 0.3) is 5.91 Å². The largest absolute Gasteiger partial charge is 0.380 e. The van der Waals surface area contributed by atoms with E-state index < -0.39 is 10.0 Å². The summed E-state index contributed by atoms with van der Waals surface area (Å²) in [5.74, 6) is -0.0331. The molecule has 156 valence electrons. The van der Waals surface area contributed by atoms with Crippen molar-refractivity contribution in [2.45, 2.75) is 43.7 Å². The zero-order valence-electron chi connectivity index (χ0n) is 16.5. The van der Waals surface area contributed by atoms with Crippen LogP contribution in [0.2, 0.25) is 0 Å². The number of para-hydroxylation sites is 1. The summed E-state index contributed by atoms with van der Waals surface area (Å²) in [5.41, 5.74) is 1.28. The number of nitrogens with one attached hydrogen (secondary N) is 3. The zero-order valence-corrected chi connectivity index (χ0v) is 18.9. The van der Waals surface area contributed by atoms with Crippen LogP contribution in [0.3, 0.4) is 0 Å². The van der Waals surface area contributed by atoms with Gasteiger partial charge in [-0.05, 0) is 65.0 Å². The van der Waals surface area contributed by atoms with E-state index in [-0.39, 0.29) is 28.8 Å². The lowest BCUT2D eigenvalue weighted by atomic mass is 10.0. The summed E-state index contributed by atoms with van der Waals surface area (Å²) in [6.07, 6.45) is 1.71. The molecule has 0 radical (unpaired) electrons. The summed E-state index contributed by atoms with van der Waals surface area (Å²) < 4.78 is 28.1. The molecule has 3 N–H and O–H groups in total. The maximum atomic E-state index is 12.8. The summed E-state index contributed by atoms with van der Waals surface area (Å²) in [7, 11) is -3.62. The van der Waals surface area contributed by atoms with Gasteiger partial charge in [-0.3, -0.25) is 4.79 Å². The van der Waals surface area contributed by atoms with Crippen molar-refractivity contribution in [2.24, 2.45) is 5.92 Å². The molecule has 29 heavy (non-hydrogen) atoms. The molecule has 1 aliphatic carbocycles. The third-order valence-corrected chi connectivity index (χ3v) is 7.01. The normalized spacial score (nSPS) is 15.2. The lowest BCUT2D eigenvalue weighted by Gasteiger charge is -2.24. The molecule has 0 aromatic heterocycles. The van der Waals surface area contributed by atoms with Gasteiger partial charge in [0, 0.05) is 28.8 Å². The second kappa shape index (κ2) is 9.28. The van der Waals surface area contributed by atoms with Crippen molar-refractivity contribution < 1.29 is 13.2 Å². The van der Waals surface area contributed by atoms with Crippen molar-refractivity contribution in [3.63, 3.8) is 0 Å². The molecule has 2 aromatic rings. The first-order valence-corrected chi connectivity index (χ1v) is 12.0. The van der Waals surface area contributed by atoms with Gasteiger partial charge in [-0.25, -0.2) is 13.1 Å². The Hall–Kier alpha value is -1.90. The van der Waals surface area contributed by atoms with E-state index >= 15 is 0 Å². The molecule has 1 fully saturated rings. The highest BCUT2D eigenvalue weighted by Gasteiger charge is 2.28. The number of carbonyl (C=O) groups is 1. The first-order chi connectivity index (χ1) is 13.8. The SMILES string of the molecule is CC(C)[C@@H](CNC(=O)c1cc(S(=O)(=O)NC2CC2)ccc1Br)Nc1ccccc1. The smallest absolute Gasteiger partial charge is 0.252 e. The Balaban J connectivity index is 1.69. The fraction of sp³-hybridized carbons (Fsp3) is 0.381. The minimum atomic E-state index is -3.62. The van der Waals surface area contributed by atoms with Crippen LogP contribution < -0.4 is 15.4 Å². The van der Waals surface area contributed by atoms with Crippen LogP contribution >= 0.6 is 15.9 Å². The molecule has 3 rings (SSSR count). The highest BCUT2D eigenvalue weighted by atomic mass is 79.9. The van der Waals surface area contributed by atoms with Gasteiger partial charge in [-0.2, -0.15) is 0 Å². The highest BCUT2D eigenvalue weighted by molar-refractivity contribution is 9.10. The highest BCUT2D eigenvalue weighted by Crippen LogP contribution is 2.25. The molecule has 0 spiro atoms. The maximum absolute atomic E-state index is 12.8. The fourth-order valence-corrected chi connectivity index (χ4v) is 4.59. The predicted octanol–water partition coefficient (Wildman–Crippen LogP) is 3.76. The summed E-state index contributed by atoms with van der Waals surface area (Å²) in [6.45, 7) is 4.58. The Labute approximate surface area is 180 Å². The van der Waals surface area contributed by atoms with Gasteiger partial charge in [0.05, 0.1) is 10.5 Å². The monoisotopic (exact) mass is 479 g/mol. The van der Waals surface area contributed by atoms with Crippen LogP contribution in [-0.4, -0.2) is 33.0 Å². The van der Waals surface area contributed by atoms with Crippen LogP contribution in [0.1, 0.15) is 37.0 Å². The molecule has 1 amide bonds. The molecule has 1 aliphatic rings. The van der Waals surface area contributed by atoms with Crippen LogP contribution in [0.25, 0.3) is 0 Å². The van der Waals surface area contributed by atoms with Gasteiger partial charge in [-0.15, -0.1) is 0 Å². The summed E-state index contributed by atoms with van der Waals surface area (Å²) in [5, 5.41) is 6.36. The molecule has 0 unspecified atom stereocenters. The predicted molar refractivity (Wildman–Crippen MR) is 119 cm³/mol. The molecule has 0 bridgehead atoms. The van der Waals surface area contributed by atoms with Crippen molar-refractivity contribution in [3.05, 3.63) is 58.6 Å². The minimum Gasteiger partial charge on any atom is -0.380 e. The number of hydrogen-bond donors (Lipinski definition) is 3. The van der Waals surface area contributed by atoms with Crippen LogP contribution in [-0.2, 0) is 10.0 Å². The van der Waals surface area contributed by atoms with E-state index in [9.17, 15) is 13.2 Å². The third kappa shape index (κ3) is 6.04. The molecule has 1 saturated carbocycles. The zero-order chi connectivity index (χ0) is 21.0. The van der Waals surface area contributed by atoms with E-state index in [1.807, 2.05) is 30.3 Å². The summed E-state index contributed by atoms with van der Waals surface area (Å²) >= 11 is 3.36. The van der Waals surface area contributed by atoms with E-state index in [2.05, 4.69) is 45.1 Å². The lowest BCUT2D eigenvalue weighted by Crippen LogP contribution is -2.39. The van der Waals surface area contributed by atoms with Crippen LogP contribution in [0.15, 0.2) is 57.9 Å². The van der Waals surface area contributed by atoms with Crippen LogP contribution in [0.4, 0.5) is 5.69 Å². The second-order valence-corrected chi connectivity index (χ2v) is 10.2. The van der Waals surface area contributed by atoms with E-state index in [0.717, 1.165) is 18.5 Å². The van der Waals surface area contributed by atoms with Crippen LogP contribution in [0, 0.1) is 5.92 Å². The van der Waals surface area contributed by atoms with Gasteiger partial charge in [0.15, 0.2) is 0 Å². The Morgan fingerprint density at radius 2 is 1.83 bits per heavy atom. The van der Waals surface area contributed by atoms with E-state index in [4.69, 9.17) is 0 Å². The maximum Gasteiger partial charge on any atom is 0.252 e. The Bertz CT molecular complexity index is 960. The third-order valence-electron chi connectivity index (χ3n) is 4.81. The van der Waals surface area contributed by atoms with Crippen molar-refractivity contribution >= 4 is 37.5 Å². The topological polar surface area (TPSA) is 87.3 Å². The number of sulfonamides is 1. The first-order valence-electron chi connectivity index (χ1n) is 9.68. The Morgan fingerprint density at radius 1 is 1.14 bits per heavy atom. The van der Waals surface area contributed by atoms with Crippen molar-refractivity contribution in [2.75, 3.05) is 11.9 Å². The lowest BCUT2D eigenvalue weighted by molar-refractivity contribution is 0.0949. The molecule has 8 heteroatoms. The van der Waals surface area contributed by atoms with Gasteiger partial charge in [-0.1, -0.05) is 32.0 Å². The molecule has 6 nitrogen and oxygen atoms in total. The number of hydrogen-bond acceptors (Lipinski definition) is 4. The standard InChI is InChI=1S/C21H26BrN3O3S/c1-14(2)20(24-15-6-4-3-5-7-15)13-23-21(26)18-12-17(10-11-19(18)22)29(27,28)25-16-8-9-16/h3-7,10-12,14,16,20,24-25H,8-9,13H2,1-2H3,(H,23,26)/t20-/m1/s1. The first kappa shape index (κ1) is 21.8. The second-order valence-electron chi connectivity index (χ2n) is 7.61. The fourth-order valence-electron chi connectivity index (χ4n) is 2.83. The average molecular weight is 480 g/mol. The number of anilines is 1. The average Bonchev–Trinajstić information content (AvgIpc) is 3.49. The molecular weight excluding hydrogens is 454 g/mol. The summed E-state index contributed by atoms with van der Waals surface area (Å²) in [6, 6.07) is 14.4. The van der Waals surface area contributed by atoms with E-state index in [0.29, 0.717) is 16.6 Å². The number of benzene rings is 2. The number of halogens is 1. The molecular formula is C21H26BrN3O3S. The molecule has 0 heterocycles. The van der Waals surface area contributed by atoms with Crippen LogP contribution in [0.5, 0.6) is 0 Å². The molecule has 2 aromatic carbocycles. The Kier molecular flexibility index (Phi) is 6.97. The van der Waals surface area contributed by atoms with Crippen molar-refractivity contribution in [3.8, 4) is 0 Å². The van der Waals surface area contributed by atoms with E-state index in [1.165, 1.54) is 12.1 Å². The van der Waals surface area contributed by atoms with Gasteiger partial charge in [0.2, 0.25) is 10.0 Å². The molecule has 1 atom stereocenters. The van der Waals surface area contributed by atoms with Crippen molar-refractivity contribution in [1.82, 2.24) is 10.0 Å². The Morgan fingerprint density at radius 3 is 2.45 bits per heavy atom. The van der Waals surface area contributed by atoms with Gasteiger partial charge in [0.1, 0.15) is 0 Å². The summed E-state index contributed by atoms with van der Waals surface area (Å²) in [4.78, 5) is 12.9. The number of carbonyl (C=O) groups excluding carboxylic acids is 1. The van der Waals surface area contributed by atoms with Gasteiger partial charge >= 0.3 is 0 Å². The van der Waals surface area contributed by atoms with Crippen molar-refractivity contribution in [1.29, 1.82) is 0 Å². The minimum absolute atomic E-state index is 0.0109. The number of rotatable bonds is 9. The molecule has 0 saturated heterocycles. The number of amides is 1.